The molecule has 1 amide bonds. The second-order valence-corrected chi connectivity index (χ2v) is 5.21. The first-order chi connectivity index (χ1) is 11.5. The number of aromatic nitrogens is 2. The van der Waals surface area contributed by atoms with Crippen molar-refractivity contribution in [2.45, 2.75) is 13.0 Å². The van der Waals surface area contributed by atoms with Gasteiger partial charge in [-0.3, -0.25) is 4.79 Å². The second-order valence-electron chi connectivity index (χ2n) is 5.21. The van der Waals surface area contributed by atoms with Crippen LogP contribution < -0.4 is 5.32 Å². The van der Waals surface area contributed by atoms with Crippen molar-refractivity contribution < 1.29 is 19.1 Å². The van der Waals surface area contributed by atoms with Crippen molar-refractivity contribution in [3.8, 4) is 5.69 Å². The van der Waals surface area contributed by atoms with E-state index in [1.165, 1.54) is 12.1 Å². The van der Waals surface area contributed by atoms with Gasteiger partial charge in [0.15, 0.2) is 5.76 Å². The Hall–Kier alpha value is -3.35. The number of benzene rings is 1. The average Bonchev–Trinajstić information content (AvgIpc) is 3.26. The molecule has 2 N–H and O–H groups in total. The molecule has 3 rings (SSSR count). The summed E-state index contributed by atoms with van der Waals surface area (Å²) >= 11 is 0. The number of nitrogens with one attached hydrogen (secondary N) is 1. The Balaban J connectivity index is 1.74. The van der Waals surface area contributed by atoms with Crippen molar-refractivity contribution in [2.75, 3.05) is 0 Å². The molecule has 0 spiro atoms. The van der Waals surface area contributed by atoms with Gasteiger partial charge in [-0.15, -0.1) is 0 Å². The quantitative estimate of drug-likeness (QED) is 0.751. The molecule has 3 aromatic rings. The third kappa shape index (κ3) is 3.19. The number of carbonyl (C=O) groups is 2. The lowest BCUT2D eigenvalue weighted by Crippen LogP contribution is -2.26. The second kappa shape index (κ2) is 6.41. The Bertz CT molecular complexity index is 868. The van der Waals surface area contributed by atoms with Crippen LogP contribution in [0.5, 0.6) is 0 Å². The maximum absolute atomic E-state index is 12.2. The first-order valence-corrected chi connectivity index (χ1v) is 7.28. The lowest BCUT2D eigenvalue weighted by atomic mass is 10.1. The predicted molar refractivity (Wildman–Crippen MR) is 85.1 cm³/mol. The molecule has 0 unspecified atom stereocenters. The van der Waals surface area contributed by atoms with Gasteiger partial charge in [-0.25, -0.2) is 9.48 Å². The number of amides is 1. The van der Waals surface area contributed by atoms with E-state index < -0.39 is 11.9 Å². The molecule has 0 aliphatic rings. The Kier molecular flexibility index (Phi) is 4.15. The Labute approximate surface area is 137 Å². The molecule has 0 aliphatic carbocycles. The van der Waals surface area contributed by atoms with Gasteiger partial charge < -0.3 is 14.8 Å². The third-order valence-corrected chi connectivity index (χ3v) is 3.53. The molecule has 0 bridgehead atoms. The first-order valence-electron chi connectivity index (χ1n) is 7.28. The van der Waals surface area contributed by atoms with Crippen molar-refractivity contribution >= 4 is 11.9 Å². The van der Waals surface area contributed by atoms with Gasteiger partial charge in [0, 0.05) is 12.4 Å². The van der Waals surface area contributed by atoms with Crippen molar-refractivity contribution in [3.63, 3.8) is 0 Å². The first kappa shape index (κ1) is 15.5. The summed E-state index contributed by atoms with van der Waals surface area (Å²) in [6.07, 6.45) is 3.52. The van der Waals surface area contributed by atoms with Crippen LogP contribution in [0.1, 0.15) is 39.6 Å². The average molecular weight is 325 g/mol. The summed E-state index contributed by atoms with van der Waals surface area (Å²) in [5.41, 5.74) is 1.77. The highest BCUT2D eigenvalue weighted by molar-refractivity contribution is 5.93. The maximum atomic E-state index is 12.2. The fourth-order valence-electron chi connectivity index (χ4n) is 2.28. The number of rotatable bonds is 5. The number of carboxylic acid groups (broad SMARTS) is 1. The van der Waals surface area contributed by atoms with Crippen LogP contribution in [0.4, 0.5) is 0 Å². The number of aromatic carboxylic acids is 1. The molecule has 0 aliphatic heterocycles. The molecule has 0 fully saturated rings. The van der Waals surface area contributed by atoms with Gasteiger partial charge in [-0.1, -0.05) is 12.1 Å². The van der Waals surface area contributed by atoms with E-state index in [1.54, 1.807) is 10.9 Å². The van der Waals surface area contributed by atoms with Crippen LogP contribution >= 0.6 is 0 Å². The van der Waals surface area contributed by atoms with E-state index in [1.807, 2.05) is 43.5 Å². The van der Waals surface area contributed by atoms with Crippen molar-refractivity contribution in [2.24, 2.45) is 0 Å². The number of carboxylic acids is 1. The van der Waals surface area contributed by atoms with Crippen molar-refractivity contribution in [1.82, 2.24) is 15.1 Å². The van der Waals surface area contributed by atoms with Gasteiger partial charge in [0.25, 0.3) is 5.91 Å². The molecule has 1 aromatic carbocycles. The maximum Gasteiger partial charge on any atom is 0.371 e. The summed E-state index contributed by atoms with van der Waals surface area (Å²) in [4.78, 5) is 23.0. The molecule has 2 heterocycles. The van der Waals surface area contributed by atoms with Crippen LogP contribution in [0.15, 0.2) is 59.3 Å². The van der Waals surface area contributed by atoms with E-state index in [0.717, 1.165) is 11.3 Å². The summed E-state index contributed by atoms with van der Waals surface area (Å²) in [7, 11) is 0. The van der Waals surface area contributed by atoms with E-state index in [4.69, 9.17) is 9.52 Å². The smallest absolute Gasteiger partial charge is 0.371 e. The standard InChI is InChI=1S/C17H15N3O4/c1-11(19-16(21)14-6-7-15(24-14)17(22)23)12-4-2-5-13(10-12)20-9-3-8-18-20/h2-11H,1H3,(H,19,21)(H,22,23)/t11-/m0/s1. The molecule has 0 saturated carbocycles. The SMILES string of the molecule is C[C@H](NC(=O)c1ccc(C(=O)O)o1)c1cccc(-n2cccn2)c1. The van der Waals surface area contributed by atoms with E-state index in [-0.39, 0.29) is 17.6 Å². The number of hydrogen-bond acceptors (Lipinski definition) is 4. The zero-order valence-corrected chi connectivity index (χ0v) is 12.8. The highest BCUT2D eigenvalue weighted by Crippen LogP contribution is 2.17. The van der Waals surface area contributed by atoms with E-state index in [0.29, 0.717) is 0 Å². The summed E-state index contributed by atoms with van der Waals surface area (Å²) in [5.74, 6) is -2.00. The predicted octanol–water partition coefficient (Wildman–Crippen LogP) is 2.65. The molecular weight excluding hydrogens is 310 g/mol. The summed E-state index contributed by atoms with van der Waals surface area (Å²) in [5, 5.41) is 15.8. The number of furan rings is 1. The van der Waals surface area contributed by atoms with Gasteiger partial charge in [0.1, 0.15) is 0 Å². The van der Waals surface area contributed by atoms with Gasteiger partial charge in [0.05, 0.1) is 11.7 Å². The molecule has 24 heavy (non-hydrogen) atoms. The lowest BCUT2D eigenvalue weighted by Gasteiger charge is -2.14. The van der Waals surface area contributed by atoms with Crippen molar-refractivity contribution in [1.29, 1.82) is 0 Å². The molecule has 0 saturated heterocycles. The van der Waals surface area contributed by atoms with Crippen LogP contribution in [0.2, 0.25) is 0 Å². The normalized spacial score (nSPS) is 11.9. The number of carbonyl (C=O) groups excluding carboxylic acids is 1. The highest BCUT2D eigenvalue weighted by atomic mass is 16.4. The highest BCUT2D eigenvalue weighted by Gasteiger charge is 2.17. The molecule has 122 valence electrons. The number of nitrogens with zero attached hydrogens (tertiary/aromatic N) is 2. The molecule has 2 aromatic heterocycles. The van der Waals surface area contributed by atoms with E-state index >= 15 is 0 Å². The lowest BCUT2D eigenvalue weighted by molar-refractivity contribution is 0.0659. The molecule has 0 radical (unpaired) electrons. The fourth-order valence-corrected chi connectivity index (χ4v) is 2.28. The van der Waals surface area contributed by atoms with Crippen LogP contribution in [0, 0.1) is 0 Å². The van der Waals surface area contributed by atoms with Gasteiger partial charge in [-0.2, -0.15) is 5.10 Å². The Morgan fingerprint density at radius 2 is 2.00 bits per heavy atom. The molecule has 1 atom stereocenters. The minimum Gasteiger partial charge on any atom is -0.475 e. The third-order valence-electron chi connectivity index (χ3n) is 3.53. The van der Waals surface area contributed by atoms with Crippen molar-refractivity contribution in [3.05, 3.63) is 71.9 Å². The van der Waals surface area contributed by atoms with Crippen LogP contribution in [0.25, 0.3) is 5.69 Å². The minimum absolute atomic E-state index is 0.0394. The molecule has 7 heteroatoms. The van der Waals surface area contributed by atoms with Gasteiger partial charge in [-0.05, 0) is 42.8 Å². The van der Waals surface area contributed by atoms with Crippen LogP contribution in [-0.2, 0) is 0 Å². The monoisotopic (exact) mass is 325 g/mol. The van der Waals surface area contributed by atoms with Gasteiger partial charge >= 0.3 is 5.97 Å². The zero-order valence-electron chi connectivity index (χ0n) is 12.8. The zero-order chi connectivity index (χ0) is 17.1. The summed E-state index contributed by atoms with van der Waals surface area (Å²) in [6.45, 7) is 1.83. The van der Waals surface area contributed by atoms with E-state index in [9.17, 15) is 9.59 Å². The van der Waals surface area contributed by atoms with Crippen LogP contribution in [0.3, 0.4) is 0 Å². The molecule has 7 nitrogen and oxygen atoms in total. The minimum atomic E-state index is -1.21. The Morgan fingerprint density at radius 1 is 1.21 bits per heavy atom. The fraction of sp³-hybridized carbons (Fsp3) is 0.118. The summed E-state index contributed by atoms with van der Waals surface area (Å²) < 4.78 is 6.73. The Morgan fingerprint density at radius 3 is 2.67 bits per heavy atom. The topological polar surface area (TPSA) is 97.4 Å². The summed E-state index contributed by atoms with van der Waals surface area (Å²) in [6, 6.07) is 11.7. The van der Waals surface area contributed by atoms with Crippen LogP contribution in [-0.4, -0.2) is 26.8 Å². The largest absolute Gasteiger partial charge is 0.475 e. The molecular formula is C17H15N3O4. The van der Waals surface area contributed by atoms with E-state index in [2.05, 4.69) is 10.4 Å². The number of hydrogen-bond donors (Lipinski definition) is 2. The van der Waals surface area contributed by atoms with Gasteiger partial charge in [0.2, 0.25) is 5.76 Å².